The van der Waals surface area contributed by atoms with Crippen molar-refractivity contribution in [3.63, 3.8) is 0 Å². The number of amides is 1. The molecular weight excluding hydrogens is 212 g/mol. The predicted octanol–water partition coefficient (Wildman–Crippen LogP) is 1.02. The highest BCUT2D eigenvalue weighted by Gasteiger charge is 2.08. The van der Waals surface area contributed by atoms with E-state index >= 15 is 0 Å². The van der Waals surface area contributed by atoms with Crippen molar-refractivity contribution < 1.29 is 9.90 Å². The summed E-state index contributed by atoms with van der Waals surface area (Å²) in [5.41, 5.74) is 0. The van der Waals surface area contributed by atoms with Crippen molar-refractivity contribution in [1.82, 2.24) is 10.3 Å². The number of nitrogens with one attached hydrogen (secondary N) is 1. The van der Waals surface area contributed by atoms with Crippen LogP contribution in [-0.2, 0) is 0 Å². The Morgan fingerprint density at radius 3 is 3.20 bits per heavy atom. The number of fused-ring (bicyclic) bond motifs is 1. The third-order valence-electron chi connectivity index (χ3n) is 1.94. The summed E-state index contributed by atoms with van der Waals surface area (Å²) in [7, 11) is 0. The van der Waals surface area contributed by atoms with Crippen molar-refractivity contribution >= 4 is 27.3 Å². The third-order valence-corrected chi connectivity index (χ3v) is 3.03. The van der Waals surface area contributed by atoms with Crippen LogP contribution in [0.3, 0.4) is 0 Å². The fraction of sp³-hybridized carbons (Fsp3) is 0.200. The highest BCUT2D eigenvalue weighted by Crippen LogP contribution is 2.24. The molecule has 0 aromatic carbocycles. The topological polar surface area (TPSA) is 62.2 Å². The average molecular weight is 222 g/mol. The van der Waals surface area contributed by atoms with E-state index in [0.717, 1.165) is 10.1 Å². The van der Waals surface area contributed by atoms with E-state index in [1.54, 1.807) is 12.4 Å². The highest BCUT2D eigenvalue weighted by atomic mass is 32.1. The molecule has 15 heavy (non-hydrogen) atoms. The summed E-state index contributed by atoms with van der Waals surface area (Å²) in [5, 5.41) is 12.2. The molecule has 0 aliphatic carbocycles. The highest BCUT2D eigenvalue weighted by molar-refractivity contribution is 7.20. The van der Waals surface area contributed by atoms with Gasteiger partial charge in [0.2, 0.25) is 0 Å². The lowest BCUT2D eigenvalue weighted by molar-refractivity contribution is 0.0949. The number of carbonyl (C=O) groups is 1. The second-order valence-corrected chi connectivity index (χ2v) is 4.09. The Balaban J connectivity index is 2.25. The largest absolute Gasteiger partial charge is 0.395 e. The summed E-state index contributed by atoms with van der Waals surface area (Å²) >= 11 is 1.40. The molecule has 0 unspecified atom stereocenters. The monoisotopic (exact) mass is 222 g/mol. The number of pyridine rings is 1. The van der Waals surface area contributed by atoms with Gasteiger partial charge in [-0.25, -0.2) is 0 Å². The standard InChI is InChI=1S/C10H10N2O2S/c13-4-3-12-10(14)8-5-7-1-2-11-6-9(7)15-8/h1-2,5-6,13H,3-4H2,(H,12,14). The zero-order valence-electron chi connectivity index (χ0n) is 7.93. The quantitative estimate of drug-likeness (QED) is 0.815. The molecule has 0 saturated carbocycles. The van der Waals surface area contributed by atoms with Crippen LogP contribution in [0.25, 0.3) is 10.1 Å². The van der Waals surface area contributed by atoms with Gasteiger partial charge in [0.1, 0.15) is 0 Å². The van der Waals surface area contributed by atoms with Crippen LogP contribution in [0, 0.1) is 0 Å². The van der Waals surface area contributed by atoms with Crippen LogP contribution in [0.4, 0.5) is 0 Å². The number of hydrogen-bond donors (Lipinski definition) is 2. The number of carbonyl (C=O) groups excluding carboxylic acids is 1. The molecule has 2 heterocycles. The van der Waals surface area contributed by atoms with E-state index in [2.05, 4.69) is 10.3 Å². The number of nitrogens with zero attached hydrogens (tertiary/aromatic N) is 1. The van der Waals surface area contributed by atoms with Gasteiger partial charge in [-0.2, -0.15) is 0 Å². The second-order valence-electron chi connectivity index (χ2n) is 3.00. The molecule has 1 amide bonds. The minimum Gasteiger partial charge on any atom is -0.395 e. The molecule has 5 heteroatoms. The molecule has 0 radical (unpaired) electrons. The molecule has 0 atom stereocenters. The van der Waals surface area contributed by atoms with Gasteiger partial charge in [-0.1, -0.05) is 0 Å². The minimum atomic E-state index is -0.148. The maximum absolute atomic E-state index is 11.5. The number of rotatable bonds is 3. The van der Waals surface area contributed by atoms with Gasteiger partial charge in [-0.3, -0.25) is 9.78 Å². The molecule has 2 aromatic rings. The lowest BCUT2D eigenvalue weighted by Gasteiger charge is -1.98. The lowest BCUT2D eigenvalue weighted by Crippen LogP contribution is -2.25. The summed E-state index contributed by atoms with van der Waals surface area (Å²) in [6, 6.07) is 3.70. The van der Waals surface area contributed by atoms with Crippen LogP contribution >= 0.6 is 11.3 Å². The van der Waals surface area contributed by atoms with Crippen molar-refractivity contribution in [3.05, 3.63) is 29.4 Å². The van der Waals surface area contributed by atoms with E-state index in [4.69, 9.17) is 5.11 Å². The van der Waals surface area contributed by atoms with Crippen molar-refractivity contribution in [1.29, 1.82) is 0 Å². The molecule has 2 rings (SSSR count). The number of aliphatic hydroxyl groups is 1. The summed E-state index contributed by atoms with van der Waals surface area (Å²) < 4.78 is 0.992. The van der Waals surface area contributed by atoms with Gasteiger partial charge in [-0.05, 0) is 17.5 Å². The van der Waals surface area contributed by atoms with Gasteiger partial charge in [-0.15, -0.1) is 11.3 Å². The zero-order valence-corrected chi connectivity index (χ0v) is 8.75. The molecule has 0 bridgehead atoms. The van der Waals surface area contributed by atoms with Crippen LogP contribution in [0.2, 0.25) is 0 Å². The molecule has 2 aromatic heterocycles. The Hall–Kier alpha value is -1.46. The lowest BCUT2D eigenvalue weighted by atomic mass is 10.3. The SMILES string of the molecule is O=C(NCCO)c1cc2ccncc2s1. The molecule has 0 aliphatic heterocycles. The first-order valence-electron chi connectivity index (χ1n) is 4.54. The second kappa shape index (κ2) is 4.37. The zero-order chi connectivity index (χ0) is 10.7. The van der Waals surface area contributed by atoms with Crippen molar-refractivity contribution in [2.45, 2.75) is 0 Å². The number of aromatic nitrogens is 1. The van der Waals surface area contributed by atoms with Crippen LogP contribution < -0.4 is 5.32 Å². The maximum atomic E-state index is 11.5. The Kier molecular flexibility index (Phi) is 2.94. The van der Waals surface area contributed by atoms with Crippen LogP contribution in [0.5, 0.6) is 0 Å². The fourth-order valence-electron chi connectivity index (χ4n) is 1.25. The van der Waals surface area contributed by atoms with E-state index in [1.165, 1.54) is 11.3 Å². The van der Waals surface area contributed by atoms with Gasteiger partial charge in [0.25, 0.3) is 5.91 Å². The third kappa shape index (κ3) is 2.14. The van der Waals surface area contributed by atoms with Gasteiger partial charge in [0.15, 0.2) is 0 Å². The van der Waals surface area contributed by atoms with Gasteiger partial charge in [0.05, 0.1) is 16.2 Å². The van der Waals surface area contributed by atoms with Crippen LogP contribution in [0.15, 0.2) is 24.5 Å². The fourth-order valence-corrected chi connectivity index (χ4v) is 2.20. The first-order chi connectivity index (χ1) is 7.31. The van der Waals surface area contributed by atoms with E-state index in [0.29, 0.717) is 4.88 Å². The van der Waals surface area contributed by atoms with E-state index in [9.17, 15) is 4.79 Å². The molecule has 78 valence electrons. The molecule has 2 N–H and O–H groups in total. The van der Waals surface area contributed by atoms with Crippen LogP contribution in [-0.4, -0.2) is 29.1 Å². The molecule has 0 spiro atoms. The first kappa shape index (κ1) is 10.1. The van der Waals surface area contributed by atoms with E-state index < -0.39 is 0 Å². The molecular formula is C10H10N2O2S. The van der Waals surface area contributed by atoms with Crippen molar-refractivity contribution in [3.8, 4) is 0 Å². The number of hydrogen-bond acceptors (Lipinski definition) is 4. The van der Waals surface area contributed by atoms with Gasteiger partial charge >= 0.3 is 0 Å². The smallest absolute Gasteiger partial charge is 0.261 e. The molecule has 0 aliphatic rings. The van der Waals surface area contributed by atoms with Gasteiger partial charge in [0, 0.05) is 18.9 Å². The summed E-state index contributed by atoms with van der Waals surface area (Å²) in [6.45, 7) is 0.240. The van der Waals surface area contributed by atoms with E-state index in [1.807, 2.05) is 12.1 Å². The van der Waals surface area contributed by atoms with Gasteiger partial charge < -0.3 is 10.4 Å². The number of aliphatic hydroxyl groups excluding tert-OH is 1. The summed E-state index contributed by atoms with van der Waals surface area (Å²) in [6.07, 6.45) is 3.44. The Morgan fingerprint density at radius 1 is 1.60 bits per heavy atom. The maximum Gasteiger partial charge on any atom is 0.261 e. The van der Waals surface area contributed by atoms with Crippen molar-refractivity contribution in [2.24, 2.45) is 0 Å². The minimum absolute atomic E-state index is 0.0435. The van der Waals surface area contributed by atoms with Crippen LogP contribution in [0.1, 0.15) is 9.67 Å². The Labute approximate surface area is 90.6 Å². The Morgan fingerprint density at radius 2 is 2.47 bits per heavy atom. The molecule has 0 fully saturated rings. The summed E-state index contributed by atoms with van der Waals surface area (Å²) in [4.78, 5) is 16.2. The molecule has 4 nitrogen and oxygen atoms in total. The summed E-state index contributed by atoms with van der Waals surface area (Å²) in [5.74, 6) is -0.148. The number of thiophene rings is 1. The van der Waals surface area contributed by atoms with E-state index in [-0.39, 0.29) is 19.1 Å². The normalized spacial score (nSPS) is 10.5. The first-order valence-corrected chi connectivity index (χ1v) is 5.35. The molecule has 0 saturated heterocycles. The van der Waals surface area contributed by atoms with Crippen molar-refractivity contribution in [2.75, 3.05) is 13.2 Å². The predicted molar refractivity (Wildman–Crippen MR) is 59.0 cm³/mol. The Bertz CT molecular complexity index is 448. The average Bonchev–Trinajstić information content (AvgIpc) is 2.69.